The van der Waals surface area contributed by atoms with Crippen LogP contribution in [0.1, 0.15) is 76.7 Å². The number of nitrogens with zero attached hydrogens (tertiary/aromatic N) is 3. The minimum absolute atomic E-state index is 0.0247. The van der Waals surface area contributed by atoms with Gasteiger partial charge in [-0.2, -0.15) is 0 Å². The molecule has 0 spiro atoms. The number of benzene rings is 1. The van der Waals surface area contributed by atoms with E-state index in [4.69, 9.17) is 20.1 Å². The van der Waals surface area contributed by atoms with Gasteiger partial charge in [-0.05, 0) is 11.5 Å². The highest BCUT2D eigenvalue weighted by molar-refractivity contribution is 7.09. The number of aromatic nitrogens is 2. The second-order valence-electron chi connectivity index (χ2n) is 10.3. The molecule has 4 rings (SSSR count). The molecule has 1 aromatic carbocycles. The van der Waals surface area contributed by atoms with Crippen LogP contribution < -0.4 is 21.7 Å². The van der Waals surface area contributed by atoms with Crippen molar-refractivity contribution >= 4 is 40.9 Å². The number of fused-ring (bicyclic) bond motifs is 4. The van der Waals surface area contributed by atoms with Crippen LogP contribution in [0, 0.1) is 5.92 Å². The van der Waals surface area contributed by atoms with Crippen LogP contribution in [0.4, 0.5) is 0 Å². The van der Waals surface area contributed by atoms with Crippen LogP contribution in [0.5, 0.6) is 0 Å². The summed E-state index contributed by atoms with van der Waals surface area (Å²) < 4.78 is 5.64. The van der Waals surface area contributed by atoms with Crippen molar-refractivity contribution in [3.8, 4) is 0 Å². The highest BCUT2D eigenvalue weighted by Crippen LogP contribution is 2.26. The summed E-state index contributed by atoms with van der Waals surface area (Å²) in [7, 11) is 0. The van der Waals surface area contributed by atoms with E-state index < -0.39 is 29.9 Å². The van der Waals surface area contributed by atoms with Crippen LogP contribution in [0.25, 0.3) is 0 Å². The van der Waals surface area contributed by atoms with Gasteiger partial charge in [0.25, 0.3) is 17.8 Å². The lowest BCUT2D eigenvalue weighted by Gasteiger charge is -2.25. The number of hydrogen-bond donors (Lipinski definition) is 5. The Labute approximate surface area is 258 Å². The molecule has 14 nitrogen and oxygen atoms in total. The summed E-state index contributed by atoms with van der Waals surface area (Å²) in [6.07, 6.45) is 1.66. The molecule has 2 atom stereocenters. The van der Waals surface area contributed by atoms with E-state index in [2.05, 4.69) is 25.9 Å². The number of carbonyl (C=O) groups excluding carboxylic acids is 4. The number of carboxylic acid groups (broad SMARTS) is 1. The smallest absolute Gasteiger partial charge is 0.300 e. The van der Waals surface area contributed by atoms with Gasteiger partial charge in [0.2, 0.25) is 17.7 Å². The molecule has 0 unspecified atom stereocenters. The van der Waals surface area contributed by atoms with Crippen molar-refractivity contribution in [2.75, 3.05) is 26.2 Å². The lowest BCUT2D eigenvalue weighted by Crippen LogP contribution is -2.46. The van der Waals surface area contributed by atoms with E-state index >= 15 is 0 Å². The second kappa shape index (κ2) is 16.3. The topological polar surface area (TPSA) is 210 Å². The van der Waals surface area contributed by atoms with Gasteiger partial charge in [0.05, 0.1) is 12.6 Å². The predicted molar refractivity (Wildman–Crippen MR) is 161 cm³/mol. The summed E-state index contributed by atoms with van der Waals surface area (Å²) in [5.74, 6) is -2.35. The van der Waals surface area contributed by atoms with E-state index in [1.54, 1.807) is 5.38 Å². The molecule has 4 amide bonds. The summed E-state index contributed by atoms with van der Waals surface area (Å²) in [6, 6.07) is 8.36. The Morgan fingerprint density at radius 1 is 1.11 bits per heavy atom. The molecule has 0 fully saturated rings. The first kappa shape index (κ1) is 33.9. The van der Waals surface area contributed by atoms with Crippen molar-refractivity contribution in [1.29, 1.82) is 0 Å². The lowest BCUT2D eigenvalue weighted by molar-refractivity contribution is -0.136. The van der Waals surface area contributed by atoms with Gasteiger partial charge in [0.15, 0.2) is 5.69 Å². The lowest BCUT2D eigenvalue weighted by atomic mass is 10.0. The first-order chi connectivity index (χ1) is 21.0. The molecule has 236 valence electrons. The summed E-state index contributed by atoms with van der Waals surface area (Å²) in [5.41, 5.74) is 6.71. The molecular weight excluding hydrogens is 590 g/mol. The molecule has 0 radical (unpaired) electrons. The Morgan fingerprint density at radius 3 is 2.48 bits per heavy atom. The maximum atomic E-state index is 13.3. The molecule has 0 aliphatic carbocycles. The maximum Gasteiger partial charge on any atom is 0.300 e. The number of aliphatic carboxylic acids is 1. The number of amides is 4. The van der Waals surface area contributed by atoms with E-state index in [9.17, 15) is 19.2 Å². The monoisotopic (exact) mass is 627 g/mol. The molecule has 1 aliphatic rings. The van der Waals surface area contributed by atoms with E-state index in [0.29, 0.717) is 11.4 Å². The van der Waals surface area contributed by atoms with Crippen molar-refractivity contribution in [2.24, 2.45) is 11.7 Å². The summed E-state index contributed by atoms with van der Waals surface area (Å²) in [4.78, 5) is 71.0. The second-order valence-corrected chi connectivity index (χ2v) is 11.2. The highest BCUT2D eigenvalue weighted by atomic mass is 32.1. The average Bonchev–Trinajstić information content (AvgIpc) is 3.66. The third kappa shape index (κ3) is 9.98. The van der Waals surface area contributed by atoms with E-state index in [0.717, 1.165) is 12.5 Å². The molecule has 15 heteroatoms. The van der Waals surface area contributed by atoms with Gasteiger partial charge in [0.1, 0.15) is 23.0 Å². The molecule has 4 bridgehead atoms. The summed E-state index contributed by atoms with van der Waals surface area (Å²) in [5, 5.41) is 18.2. The zero-order valence-electron chi connectivity index (χ0n) is 24.7. The Balaban J connectivity index is 0.00000124. The SMILES string of the molecule is CC(=O)O.CC(C)[C@@H]1NC(=O)CN(C(=O)CCN)CCNC(=O)c2coc(n2)[C@H](Cc2ccccc2)NC(=O)c2csc1n2. The fourth-order valence-electron chi connectivity index (χ4n) is 4.24. The summed E-state index contributed by atoms with van der Waals surface area (Å²) >= 11 is 1.26. The summed E-state index contributed by atoms with van der Waals surface area (Å²) in [6.45, 7) is 5.04. The third-order valence-electron chi connectivity index (χ3n) is 6.36. The van der Waals surface area contributed by atoms with Crippen molar-refractivity contribution in [3.63, 3.8) is 0 Å². The van der Waals surface area contributed by atoms with Gasteiger partial charge < -0.3 is 36.1 Å². The number of rotatable bonds is 5. The van der Waals surface area contributed by atoms with Gasteiger partial charge in [-0.15, -0.1) is 11.3 Å². The van der Waals surface area contributed by atoms with Crippen LogP contribution >= 0.6 is 11.3 Å². The Morgan fingerprint density at radius 2 is 1.82 bits per heavy atom. The molecule has 0 saturated carbocycles. The largest absolute Gasteiger partial charge is 0.481 e. The number of carbonyl (C=O) groups is 5. The first-order valence-corrected chi connectivity index (χ1v) is 14.9. The van der Waals surface area contributed by atoms with Gasteiger partial charge in [0, 0.05) is 44.8 Å². The third-order valence-corrected chi connectivity index (χ3v) is 7.28. The minimum Gasteiger partial charge on any atom is -0.481 e. The molecule has 3 aromatic rings. The van der Waals surface area contributed by atoms with Crippen molar-refractivity contribution < 1.29 is 33.5 Å². The predicted octanol–water partition coefficient (Wildman–Crippen LogP) is 1.67. The quantitative estimate of drug-likeness (QED) is 0.276. The van der Waals surface area contributed by atoms with Crippen LogP contribution in [-0.4, -0.2) is 75.8 Å². The van der Waals surface area contributed by atoms with Gasteiger partial charge in [-0.1, -0.05) is 44.2 Å². The Bertz CT molecular complexity index is 1440. The fraction of sp³-hybridized carbons (Fsp3) is 0.414. The normalized spacial score (nSPS) is 17.8. The first-order valence-electron chi connectivity index (χ1n) is 14.0. The number of carboxylic acids is 1. The molecule has 44 heavy (non-hydrogen) atoms. The Hall–Kier alpha value is -4.63. The van der Waals surface area contributed by atoms with Crippen LogP contribution in [0.2, 0.25) is 0 Å². The van der Waals surface area contributed by atoms with Crippen molar-refractivity contribution in [1.82, 2.24) is 30.8 Å². The van der Waals surface area contributed by atoms with Crippen molar-refractivity contribution in [2.45, 2.75) is 45.7 Å². The Kier molecular flexibility index (Phi) is 12.5. The average molecular weight is 628 g/mol. The van der Waals surface area contributed by atoms with Crippen LogP contribution in [-0.2, 0) is 20.8 Å². The van der Waals surface area contributed by atoms with Crippen LogP contribution in [0.3, 0.4) is 0 Å². The van der Waals surface area contributed by atoms with Gasteiger partial charge in [-0.25, -0.2) is 9.97 Å². The molecule has 3 heterocycles. The molecule has 2 aromatic heterocycles. The fourth-order valence-corrected chi connectivity index (χ4v) is 5.26. The molecular formula is C29H37N7O7S. The standard InChI is InChI=1S/C27H33N7O5S.C2H4O2/c1-16(2)23-27-32-20(15-40-27)25(38)30-18(12-17-6-4-3-5-7-17)26-31-19(14-39-26)24(37)29-10-11-34(13-21(35)33-23)22(36)8-9-28;1-2(3)4/h3-7,14-16,18,23H,8-13,28H2,1-2H3,(H,29,37)(H,30,38)(H,33,35);1H3,(H,3,4)/t18-,23-;/m0./s1. The van der Waals surface area contributed by atoms with Crippen LogP contribution in [0.15, 0.2) is 46.4 Å². The number of nitrogens with two attached hydrogens (primary N) is 1. The number of thiazole rings is 1. The minimum atomic E-state index is -0.833. The van der Waals surface area contributed by atoms with E-state index in [-0.39, 0.29) is 67.6 Å². The number of nitrogens with one attached hydrogen (secondary N) is 3. The van der Waals surface area contributed by atoms with E-state index in [1.165, 1.54) is 22.5 Å². The highest BCUT2D eigenvalue weighted by Gasteiger charge is 2.28. The zero-order chi connectivity index (χ0) is 32.2. The molecule has 1 aliphatic heterocycles. The molecule has 0 saturated heterocycles. The number of hydrogen-bond acceptors (Lipinski definition) is 10. The van der Waals surface area contributed by atoms with Crippen molar-refractivity contribution in [3.05, 3.63) is 69.8 Å². The van der Waals surface area contributed by atoms with E-state index in [1.807, 2.05) is 44.2 Å². The number of oxazole rings is 1. The molecule has 6 N–H and O–H groups in total. The maximum absolute atomic E-state index is 13.3. The van der Waals surface area contributed by atoms with Gasteiger partial charge in [-0.3, -0.25) is 24.0 Å². The van der Waals surface area contributed by atoms with Gasteiger partial charge >= 0.3 is 0 Å². The zero-order valence-corrected chi connectivity index (χ0v) is 25.6.